The summed E-state index contributed by atoms with van der Waals surface area (Å²) in [5.74, 6) is -3.24. The fraction of sp³-hybridized carbons (Fsp3) is 0.710. The van der Waals surface area contributed by atoms with Crippen molar-refractivity contribution in [3.63, 3.8) is 0 Å². The molecule has 0 radical (unpaired) electrons. The van der Waals surface area contributed by atoms with E-state index in [4.69, 9.17) is 23.7 Å². The number of carbonyl (C=O) groups excluding carboxylic acids is 3. The molecule has 1 aliphatic rings. The number of allylic oxidation sites excluding steroid dienone is 16. The van der Waals surface area contributed by atoms with Crippen molar-refractivity contribution in [3.8, 4) is 0 Å². The second-order valence-electron chi connectivity index (χ2n) is 21.6. The first-order valence-electron chi connectivity index (χ1n) is 32.2. The molecule has 6 unspecified atom stereocenters. The number of rotatable bonds is 54. The first-order chi connectivity index (χ1) is 39.6. The van der Waals surface area contributed by atoms with E-state index >= 15 is 0 Å². The zero-order chi connectivity index (χ0) is 58.9. The smallest absolute Gasteiger partial charge is 0.335 e. The van der Waals surface area contributed by atoms with Crippen LogP contribution in [0.3, 0.4) is 0 Å². The standard InChI is InChI=1S/C69H114O12/c1-4-7-10-13-16-19-22-25-27-29-31-33-35-38-40-43-46-49-52-55-61(70)77-58-60(79-62(71)56-53-50-47-44-41-37-24-21-18-15-12-9-6-3)59-78-69-67(65(74)64(73)66(81-69)68(75)76)80-63(72)57-54-51-48-45-42-39-36-34-32-30-28-26-23-20-17-14-11-8-5-2/h7,9-10,12,16,18-19,21,25,27,31,33,37,41,47,50,60,64-67,69,73-74H,4-6,8,11,13-15,17,20,22-24,26,28-30,32,34-36,38-40,42-46,48-49,51-59H2,1-3H3,(H,75,76)/b10-7-,12-9-,19-16-,21-18-,27-25-,33-31-,41-37-,50-47-. The lowest BCUT2D eigenvalue weighted by molar-refractivity contribution is -0.301. The molecule has 0 aromatic heterocycles. The van der Waals surface area contributed by atoms with Gasteiger partial charge in [-0.05, 0) is 83.5 Å². The van der Waals surface area contributed by atoms with Crippen molar-refractivity contribution in [2.24, 2.45) is 0 Å². The van der Waals surface area contributed by atoms with E-state index in [-0.39, 0.29) is 25.9 Å². The highest BCUT2D eigenvalue weighted by atomic mass is 16.7. The van der Waals surface area contributed by atoms with E-state index in [0.29, 0.717) is 25.7 Å². The Morgan fingerprint density at radius 3 is 1.23 bits per heavy atom. The maximum absolute atomic E-state index is 13.1. The van der Waals surface area contributed by atoms with Crippen LogP contribution in [-0.4, -0.2) is 89.2 Å². The summed E-state index contributed by atoms with van der Waals surface area (Å²) in [4.78, 5) is 51.2. The largest absolute Gasteiger partial charge is 0.479 e. The predicted octanol–water partition coefficient (Wildman–Crippen LogP) is 17.2. The third-order valence-corrected chi connectivity index (χ3v) is 14.2. The maximum atomic E-state index is 13.1. The van der Waals surface area contributed by atoms with Gasteiger partial charge >= 0.3 is 23.9 Å². The fourth-order valence-corrected chi connectivity index (χ4v) is 9.32. The molecular formula is C69H114O12. The van der Waals surface area contributed by atoms with Crippen molar-refractivity contribution in [3.05, 3.63) is 97.2 Å². The molecule has 0 aromatic carbocycles. The topological polar surface area (TPSA) is 175 Å². The molecule has 0 aromatic rings. The highest BCUT2D eigenvalue weighted by Crippen LogP contribution is 2.26. The minimum atomic E-state index is -1.92. The van der Waals surface area contributed by atoms with Crippen molar-refractivity contribution < 1.29 is 58.2 Å². The number of esters is 3. The van der Waals surface area contributed by atoms with Gasteiger partial charge in [0.25, 0.3) is 0 Å². The number of aliphatic hydroxyl groups excluding tert-OH is 2. The van der Waals surface area contributed by atoms with Gasteiger partial charge in [-0.25, -0.2) is 4.79 Å². The molecular weight excluding hydrogens is 1020 g/mol. The number of ether oxygens (including phenoxy) is 5. The second-order valence-corrected chi connectivity index (χ2v) is 21.6. The molecule has 1 saturated heterocycles. The van der Waals surface area contributed by atoms with Crippen LogP contribution in [0.15, 0.2) is 97.2 Å². The zero-order valence-electron chi connectivity index (χ0n) is 51.0. The highest BCUT2D eigenvalue weighted by Gasteiger charge is 2.50. The number of carbonyl (C=O) groups is 4. The molecule has 1 fully saturated rings. The summed E-state index contributed by atoms with van der Waals surface area (Å²) in [6.45, 7) is 5.72. The molecule has 81 heavy (non-hydrogen) atoms. The van der Waals surface area contributed by atoms with E-state index in [2.05, 4.69) is 106 Å². The van der Waals surface area contributed by atoms with Gasteiger partial charge in [0.2, 0.25) is 0 Å². The second kappa shape index (κ2) is 56.1. The van der Waals surface area contributed by atoms with Crippen LogP contribution >= 0.6 is 0 Å². The zero-order valence-corrected chi connectivity index (χ0v) is 51.0. The molecule has 1 heterocycles. The van der Waals surface area contributed by atoms with E-state index in [1.165, 1.54) is 89.9 Å². The first-order valence-corrected chi connectivity index (χ1v) is 32.2. The lowest BCUT2D eigenvalue weighted by Crippen LogP contribution is -2.61. The molecule has 1 aliphatic heterocycles. The average Bonchev–Trinajstić information content (AvgIpc) is 3.45. The van der Waals surface area contributed by atoms with E-state index in [1.54, 1.807) is 0 Å². The Hall–Kier alpha value is -4.36. The summed E-state index contributed by atoms with van der Waals surface area (Å²) in [5, 5.41) is 31.6. The van der Waals surface area contributed by atoms with Gasteiger partial charge in [-0.15, -0.1) is 0 Å². The number of aliphatic hydroxyl groups is 2. The number of carboxylic acid groups (broad SMARTS) is 1. The van der Waals surface area contributed by atoms with E-state index < -0.39 is 67.3 Å². The number of hydrogen-bond acceptors (Lipinski definition) is 11. The molecule has 0 saturated carbocycles. The predicted molar refractivity (Wildman–Crippen MR) is 331 cm³/mol. The fourth-order valence-electron chi connectivity index (χ4n) is 9.32. The molecule has 0 amide bonds. The van der Waals surface area contributed by atoms with Gasteiger partial charge in [0.15, 0.2) is 24.6 Å². The Balaban J connectivity index is 2.67. The van der Waals surface area contributed by atoms with Crippen LogP contribution in [0.2, 0.25) is 0 Å². The van der Waals surface area contributed by atoms with E-state index in [1.807, 2.05) is 12.2 Å². The number of carboxylic acids is 1. The van der Waals surface area contributed by atoms with Crippen LogP contribution in [0.4, 0.5) is 0 Å². The minimum absolute atomic E-state index is 0.0355. The molecule has 0 aliphatic carbocycles. The van der Waals surface area contributed by atoms with Gasteiger partial charge in [-0.2, -0.15) is 0 Å². The third-order valence-electron chi connectivity index (χ3n) is 14.2. The Bertz CT molecular complexity index is 1780. The molecule has 12 heteroatoms. The number of hydrogen-bond donors (Lipinski definition) is 3. The molecule has 0 spiro atoms. The van der Waals surface area contributed by atoms with Crippen molar-refractivity contribution in [1.82, 2.24) is 0 Å². The quantitative estimate of drug-likeness (QED) is 0.0228. The molecule has 1 rings (SSSR count). The summed E-state index contributed by atoms with van der Waals surface area (Å²) in [6.07, 6.45) is 62.5. The summed E-state index contributed by atoms with van der Waals surface area (Å²) in [5.41, 5.74) is 0. The molecule has 0 bridgehead atoms. The first kappa shape index (κ1) is 74.7. The normalized spacial score (nSPS) is 18.4. The van der Waals surface area contributed by atoms with Crippen molar-refractivity contribution in [2.45, 2.75) is 302 Å². The van der Waals surface area contributed by atoms with Crippen LogP contribution in [0.1, 0.15) is 265 Å². The summed E-state index contributed by atoms with van der Waals surface area (Å²) >= 11 is 0. The summed E-state index contributed by atoms with van der Waals surface area (Å²) in [6, 6.07) is 0. The molecule has 462 valence electrons. The summed E-state index contributed by atoms with van der Waals surface area (Å²) < 4.78 is 28.4. The van der Waals surface area contributed by atoms with E-state index in [0.717, 1.165) is 109 Å². The van der Waals surface area contributed by atoms with Gasteiger partial charge in [0, 0.05) is 19.3 Å². The molecule has 12 nitrogen and oxygen atoms in total. The van der Waals surface area contributed by atoms with Gasteiger partial charge in [-0.3, -0.25) is 14.4 Å². The van der Waals surface area contributed by atoms with E-state index in [9.17, 15) is 34.5 Å². The Morgan fingerprint density at radius 2 is 0.802 bits per heavy atom. The maximum Gasteiger partial charge on any atom is 0.335 e. The van der Waals surface area contributed by atoms with Gasteiger partial charge in [0.1, 0.15) is 18.8 Å². The van der Waals surface area contributed by atoms with Crippen LogP contribution in [-0.2, 0) is 42.9 Å². The lowest BCUT2D eigenvalue weighted by Gasteiger charge is -2.40. The van der Waals surface area contributed by atoms with Crippen LogP contribution in [0.25, 0.3) is 0 Å². The SMILES string of the molecule is CC/C=C\C/C=C\C/C=C\C/C=C\CCCCCCCCC(=O)OCC(COC1OC(C(=O)O)C(O)C(O)C1OC(=O)CCCCCCCCCCCCCCCCCCCCC)OC(=O)CC/C=C\C/C=C\C/C=C\C/C=C\CC. The Labute approximate surface area is 492 Å². The Morgan fingerprint density at radius 1 is 0.420 bits per heavy atom. The van der Waals surface area contributed by atoms with Gasteiger partial charge < -0.3 is 39.0 Å². The number of unbranched alkanes of at least 4 members (excludes halogenated alkanes) is 24. The minimum Gasteiger partial charge on any atom is -0.479 e. The average molecular weight is 1140 g/mol. The van der Waals surface area contributed by atoms with Crippen molar-refractivity contribution in [1.29, 1.82) is 0 Å². The third kappa shape index (κ3) is 45.8. The lowest BCUT2D eigenvalue weighted by atomic mass is 9.98. The van der Waals surface area contributed by atoms with Crippen molar-refractivity contribution >= 4 is 23.9 Å². The van der Waals surface area contributed by atoms with Crippen LogP contribution in [0.5, 0.6) is 0 Å². The molecule has 3 N–H and O–H groups in total. The monoisotopic (exact) mass is 1130 g/mol. The highest BCUT2D eigenvalue weighted by molar-refractivity contribution is 5.74. The van der Waals surface area contributed by atoms with Crippen molar-refractivity contribution in [2.75, 3.05) is 13.2 Å². The molecule has 6 atom stereocenters. The van der Waals surface area contributed by atoms with Crippen LogP contribution in [0, 0.1) is 0 Å². The number of aliphatic carboxylic acids is 1. The summed E-state index contributed by atoms with van der Waals surface area (Å²) in [7, 11) is 0. The Kier molecular flexibility index (Phi) is 51.7. The van der Waals surface area contributed by atoms with Gasteiger partial charge in [0.05, 0.1) is 6.61 Å². The van der Waals surface area contributed by atoms with Gasteiger partial charge in [-0.1, -0.05) is 259 Å². The van der Waals surface area contributed by atoms with Crippen LogP contribution < -0.4 is 0 Å².